The van der Waals surface area contributed by atoms with Crippen molar-refractivity contribution < 1.29 is 13.9 Å². The molecule has 7 heteroatoms. The largest absolute Gasteiger partial charge is 0.497 e. The number of amides is 1. The molecule has 0 spiro atoms. The number of ether oxygens (including phenoxy) is 1. The number of benzene rings is 2. The molecule has 1 heterocycles. The molecule has 26 heavy (non-hydrogen) atoms. The molecular weight excluding hydrogens is 398 g/mol. The second-order valence-electron chi connectivity index (χ2n) is 5.61. The topological polar surface area (TPSA) is 75.9 Å². The highest BCUT2D eigenvalue weighted by atomic mass is 79.9. The maximum absolute atomic E-state index is 11.9. The van der Waals surface area contributed by atoms with Crippen LogP contribution in [0.4, 0.5) is 5.69 Å². The zero-order valence-corrected chi connectivity index (χ0v) is 16.0. The van der Waals surface area contributed by atoms with E-state index >= 15 is 0 Å². The number of fused-ring (bicyclic) bond motifs is 1. The van der Waals surface area contributed by atoms with Gasteiger partial charge in [0, 0.05) is 15.5 Å². The molecule has 0 aliphatic carbocycles. The van der Waals surface area contributed by atoms with Crippen LogP contribution in [0.25, 0.3) is 11.0 Å². The van der Waals surface area contributed by atoms with Crippen LogP contribution < -0.4 is 15.5 Å². The number of anilines is 1. The molecule has 0 bridgehead atoms. The Bertz CT molecular complexity index is 948. The van der Waals surface area contributed by atoms with Crippen molar-refractivity contribution in [2.45, 2.75) is 6.92 Å². The zero-order valence-electron chi connectivity index (χ0n) is 14.4. The average molecular weight is 416 g/mol. The van der Waals surface area contributed by atoms with Crippen LogP contribution in [0.2, 0.25) is 0 Å². The van der Waals surface area contributed by atoms with E-state index < -0.39 is 0 Å². The van der Waals surface area contributed by atoms with Gasteiger partial charge >= 0.3 is 0 Å². The minimum atomic E-state index is -0.251. The molecule has 6 nitrogen and oxygen atoms in total. The standard InChI is InChI=1S/C19H18BrN3O3/c1-12(18-10-13-9-14(20)3-8-17(13)26-18)22-23-19(24)11-21-15-4-6-16(25-2)7-5-15/h3-10,21H,11H2,1-2H3,(H,23,24)/b22-12-. The van der Waals surface area contributed by atoms with Crippen LogP contribution in [0.15, 0.2) is 62.5 Å². The molecule has 2 N–H and O–H groups in total. The van der Waals surface area contributed by atoms with Crippen molar-refractivity contribution in [3.05, 3.63) is 58.8 Å². The van der Waals surface area contributed by atoms with E-state index in [-0.39, 0.29) is 12.5 Å². The fourth-order valence-electron chi connectivity index (χ4n) is 2.32. The number of furan rings is 1. The number of hydrogen-bond donors (Lipinski definition) is 2. The van der Waals surface area contributed by atoms with Crippen molar-refractivity contribution in [3.63, 3.8) is 0 Å². The Labute approximate surface area is 159 Å². The number of nitrogens with zero attached hydrogens (tertiary/aromatic N) is 1. The highest BCUT2D eigenvalue weighted by Gasteiger charge is 2.08. The Balaban J connectivity index is 1.57. The average Bonchev–Trinajstić information content (AvgIpc) is 3.08. The zero-order chi connectivity index (χ0) is 18.5. The smallest absolute Gasteiger partial charge is 0.259 e. The van der Waals surface area contributed by atoms with E-state index in [2.05, 4.69) is 31.8 Å². The first-order valence-electron chi connectivity index (χ1n) is 7.95. The third-order valence-corrected chi connectivity index (χ3v) is 4.22. The summed E-state index contributed by atoms with van der Waals surface area (Å²) in [5.74, 6) is 1.12. The number of carbonyl (C=O) groups is 1. The van der Waals surface area contributed by atoms with Gasteiger partial charge in [-0.15, -0.1) is 0 Å². The van der Waals surface area contributed by atoms with Crippen LogP contribution in [-0.2, 0) is 4.79 Å². The molecule has 0 fully saturated rings. The Kier molecular flexibility index (Phi) is 5.58. The molecule has 3 rings (SSSR count). The molecular formula is C19H18BrN3O3. The van der Waals surface area contributed by atoms with Crippen LogP contribution in [0.3, 0.4) is 0 Å². The Morgan fingerprint density at radius 2 is 1.96 bits per heavy atom. The second kappa shape index (κ2) is 8.05. The lowest BCUT2D eigenvalue weighted by molar-refractivity contribution is -0.119. The highest BCUT2D eigenvalue weighted by molar-refractivity contribution is 9.10. The summed E-state index contributed by atoms with van der Waals surface area (Å²) in [6, 6.07) is 15.0. The summed E-state index contributed by atoms with van der Waals surface area (Å²) in [6.07, 6.45) is 0. The molecule has 1 amide bonds. The predicted molar refractivity (Wildman–Crippen MR) is 106 cm³/mol. The molecule has 0 unspecified atom stereocenters. The van der Waals surface area contributed by atoms with Gasteiger partial charge in [-0.1, -0.05) is 15.9 Å². The molecule has 0 atom stereocenters. The van der Waals surface area contributed by atoms with Crippen LogP contribution in [0.5, 0.6) is 5.75 Å². The van der Waals surface area contributed by atoms with E-state index in [1.54, 1.807) is 14.0 Å². The van der Waals surface area contributed by atoms with Gasteiger partial charge in [0.15, 0.2) is 5.76 Å². The van der Waals surface area contributed by atoms with Gasteiger partial charge in [-0.3, -0.25) is 4.79 Å². The number of nitrogens with one attached hydrogen (secondary N) is 2. The highest BCUT2D eigenvalue weighted by Crippen LogP contribution is 2.23. The first-order valence-corrected chi connectivity index (χ1v) is 8.75. The van der Waals surface area contributed by atoms with Crippen molar-refractivity contribution in [2.75, 3.05) is 19.0 Å². The van der Waals surface area contributed by atoms with Gasteiger partial charge in [0.2, 0.25) is 0 Å². The molecule has 0 radical (unpaired) electrons. The van der Waals surface area contributed by atoms with Gasteiger partial charge in [-0.2, -0.15) is 5.10 Å². The summed E-state index contributed by atoms with van der Waals surface area (Å²) >= 11 is 3.43. The van der Waals surface area contributed by atoms with Gasteiger partial charge in [0.25, 0.3) is 5.91 Å². The van der Waals surface area contributed by atoms with Crippen molar-refractivity contribution >= 4 is 44.2 Å². The summed E-state index contributed by atoms with van der Waals surface area (Å²) in [7, 11) is 1.61. The number of rotatable bonds is 6. The van der Waals surface area contributed by atoms with Crippen LogP contribution in [-0.4, -0.2) is 25.3 Å². The van der Waals surface area contributed by atoms with Gasteiger partial charge in [0.1, 0.15) is 17.0 Å². The van der Waals surface area contributed by atoms with Crippen molar-refractivity contribution in [3.8, 4) is 5.75 Å². The maximum atomic E-state index is 11.9. The summed E-state index contributed by atoms with van der Waals surface area (Å²) in [4.78, 5) is 11.9. The minimum Gasteiger partial charge on any atom is -0.497 e. The van der Waals surface area contributed by atoms with E-state index in [1.807, 2.05) is 48.5 Å². The normalized spacial score (nSPS) is 11.4. The SMILES string of the molecule is COc1ccc(NCC(=O)N/N=C(/C)c2cc3cc(Br)ccc3o2)cc1. The number of hydrazone groups is 1. The van der Waals surface area contributed by atoms with E-state index in [1.165, 1.54) is 0 Å². The number of methoxy groups -OCH3 is 1. The Hall–Kier alpha value is -2.80. The molecule has 1 aromatic heterocycles. The van der Waals surface area contributed by atoms with Crippen LogP contribution in [0.1, 0.15) is 12.7 Å². The lowest BCUT2D eigenvalue weighted by Gasteiger charge is -2.06. The maximum Gasteiger partial charge on any atom is 0.259 e. The quantitative estimate of drug-likeness (QED) is 0.468. The first-order chi connectivity index (χ1) is 12.5. The molecule has 0 aliphatic rings. The molecule has 0 saturated carbocycles. The van der Waals surface area contributed by atoms with E-state index in [9.17, 15) is 4.79 Å². The van der Waals surface area contributed by atoms with E-state index in [0.717, 1.165) is 26.9 Å². The minimum absolute atomic E-state index is 0.107. The summed E-state index contributed by atoms with van der Waals surface area (Å²) in [5, 5.41) is 8.09. The van der Waals surface area contributed by atoms with E-state index in [0.29, 0.717) is 11.5 Å². The van der Waals surface area contributed by atoms with Gasteiger partial charge < -0.3 is 14.5 Å². The molecule has 3 aromatic rings. The summed E-state index contributed by atoms with van der Waals surface area (Å²) in [6.45, 7) is 1.89. The lowest BCUT2D eigenvalue weighted by atomic mass is 10.2. The molecule has 2 aromatic carbocycles. The Morgan fingerprint density at radius 1 is 1.19 bits per heavy atom. The molecule has 0 aliphatic heterocycles. The third-order valence-electron chi connectivity index (χ3n) is 3.73. The molecule has 0 saturated heterocycles. The number of carbonyl (C=O) groups excluding carboxylic acids is 1. The van der Waals surface area contributed by atoms with Gasteiger partial charge in [-0.05, 0) is 55.5 Å². The molecule has 134 valence electrons. The van der Waals surface area contributed by atoms with Gasteiger partial charge in [0.05, 0.1) is 13.7 Å². The van der Waals surface area contributed by atoms with Crippen LogP contribution in [0, 0.1) is 0 Å². The monoisotopic (exact) mass is 415 g/mol. The van der Waals surface area contributed by atoms with Gasteiger partial charge in [-0.25, -0.2) is 5.43 Å². The fraction of sp³-hybridized carbons (Fsp3) is 0.158. The summed E-state index contributed by atoms with van der Waals surface area (Å²) < 4.78 is 11.8. The fourth-order valence-corrected chi connectivity index (χ4v) is 2.70. The van der Waals surface area contributed by atoms with Crippen molar-refractivity contribution in [2.24, 2.45) is 5.10 Å². The predicted octanol–water partition coefficient (Wildman–Crippen LogP) is 4.16. The van der Waals surface area contributed by atoms with E-state index in [4.69, 9.17) is 9.15 Å². The number of halogens is 1. The summed E-state index contributed by atoms with van der Waals surface area (Å²) in [5.41, 5.74) is 4.71. The second-order valence-corrected chi connectivity index (χ2v) is 6.52. The van der Waals surface area contributed by atoms with Crippen molar-refractivity contribution in [1.29, 1.82) is 0 Å². The first kappa shape index (κ1) is 18.0. The lowest BCUT2D eigenvalue weighted by Crippen LogP contribution is -2.26. The Morgan fingerprint density at radius 3 is 2.69 bits per heavy atom. The van der Waals surface area contributed by atoms with Crippen molar-refractivity contribution in [1.82, 2.24) is 5.43 Å². The van der Waals surface area contributed by atoms with Crippen LogP contribution >= 0.6 is 15.9 Å². The number of hydrogen-bond acceptors (Lipinski definition) is 5. The third kappa shape index (κ3) is 4.43.